The fourth-order valence-corrected chi connectivity index (χ4v) is 4.77. The molecule has 0 radical (unpaired) electrons. The predicted octanol–water partition coefficient (Wildman–Crippen LogP) is 4.09. The maximum absolute atomic E-state index is 13.0. The highest BCUT2D eigenvalue weighted by Gasteiger charge is 2.23. The van der Waals surface area contributed by atoms with E-state index in [9.17, 15) is 9.59 Å². The summed E-state index contributed by atoms with van der Waals surface area (Å²) in [5.41, 5.74) is 1.94. The summed E-state index contributed by atoms with van der Waals surface area (Å²) in [7, 11) is 0. The van der Waals surface area contributed by atoms with Crippen molar-refractivity contribution in [3.05, 3.63) is 65.7 Å². The Morgan fingerprint density at radius 3 is 2.58 bits per heavy atom. The van der Waals surface area contributed by atoms with Crippen molar-refractivity contribution in [1.82, 2.24) is 15.5 Å². The van der Waals surface area contributed by atoms with Crippen LogP contribution in [0.4, 0.5) is 0 Å². The second-order valence-corrected chi connectivity index (χ2v) is 9.34. The van der Waals surface area contributed by atoms with Crippen LogP contribution in [0.3, 0.4) is 0 Å². The van der Waals surface area contributed by atoms with Crippen LogP contribution in [0.2, 0.25) is 0 Å². The van der Waals surface area contributed by atoms with Crippen LogP contribution in [0, 0.1) is 0 Å². The molecule has 0 bridgehead atoms. The van der Waals surface area contributed by atoms with Gasteiger partial charge in [0, 0.05) is 30.1 Å². The quantitative estimate of drug-likeness (QED) is 0.578. The summed E-state index contributed by atoms with van der Waals surface area (Å²) < 4.78 is 0. The second-order valence-electron chi connectivity index (χ2n) is 8.32. The van der Waals surface area contributed by atoms with E-state index >= 15 is 0 Å². The molecule has 1 atom stereocenters. The third kappa shape index (κ3) is 7.40. The highest BCUT2D eigenvalue weighted by molar-refractivity contribution is 8.00. The lowest BCUT2D eigenvalue weighted by Gasteiger charge is -2.36. The van der Waals surface area contributed by atoms with Crippen LogP contribution in [0.25, 0.3) is 0 Å². The Bertz CT molecular complexity index is 857. The van der Waals surface area contributed by atoms with Gasteiger partial charge in [-0.05, 0) is 50.9 Å². The molecule has 1 fully saturated rings. The minimum Gasteiger partial charge on any atom is -0.353 e. The molecule has 0 spiro atoms. The van der Waals surface area contributed by atoms with Gasteiger partial charge in [-0.25, -0.2) is 0 Å². The summed E-state index contributed by atoms with van der Waals surface area (Å²) in [6.45, 7) is 6.50. The third-order valence-corrected chi connectivity index (χ3v) is 6.49. The monoisotopic (exact) mass is 439 g/mol. The number of hydrogen-bond donors (Lipinski definition) is 2. The molecule has 1 aliphatic rings. The van der Waals surface area contributed by atoms with E-state index in [0.29, 0.717) is 23.9 Å². The maximum atomic E-state index is 13.0. The molecule has 1 unspecified atom stereocenters. The number of nitrogens with one attached hydrogen (secondary N) is 2. The summed E-state index contributed by atoms with van der Waals surface area (Å²) in [6.07, 6.45) is 3.50. The van der Waals surface area contributed by atoms with E-state index in [0.717, 1.165) is 24.4 Å². The lowest BCUT2D eigenvalue weighted by atomic mass is 10.0. The van der Waals surface area contributed by atoms with Gasteiger partial charge in [0.2, 0.25) is 5.91 Å². The summed E-state index contributed by atoms with van der Waals surface area (Å²) in [6, 6.07) is 18.5. The Balaban J connectivity index is 1.57. The van der Waals surface area contributed by atoms with Crippen molar-refractivity contribution in [3.63, 3.8) is 0 Å². The Morgan fingerprint density at radius 1 is 1.06 bits per heavy atom. The Morgan fingerprint density at radius 2 is 1.81 bits per heavy atom. The van der Waals surface area contributed by atoms with E-state index in [1.165, 1.54) is 30.2 Å². The topological polar surface area (TPSA) is 61.4 Å². The van der Waals surface area contributed by atoms with Crippen molar-refractivity contribution in [2.75, 3.05) is 18.8 Å². The summed E-state index contributed by atoms with van der Waals surface area (Å²) in [5.74, 6) is 0.210. The molecule has 0 saturated carbocycles. The van der Waals surface area contributed by atoms with Gasteiger partial charge in [-0.1, -0.05) is 48.9 Å². The molecule has 0 aliphatic carbocycles. The maximum Gasteiger partial charge on any atom is 0.252 e. The van der Waals surface area contributed by atoms with Crippen LogP contribution in [-0.4, -0.2) is 47.6 Å². The van der Waals surface area contributed by atoms with Gasteiger partial charge in [0.05, 0.1) is 11.3 Å². The Labute approximate surface area is 190 Å². The van der Waals surface area contributed by atoms with Crippen LogP contribution in [0.15, 0.2) is 59.5 Å². The molecule has 1 heterocycles. The zero-order valence-electron chi connectivity index (χ0n) is 18.5. The van der Waals surface area contributed by atoms with E-state index in [1.54, 1.807) is 0 Å². The highest BCUT2D eigenvalue weighted by Crippen LogP contribution is 2.23. The van der Waals surface area contributed by atoms with Gasteiger partial charge in [0.15, 0.2) is 0 Å². The number of carbonyl (C=O) groups excluding carboxylic acids is 2. The predicted molar refractivity (Wildman–Crippen MR) is 127 cm³/mol. The van der Waals surface area contributed by atoms with Gasteiger partial charge >= 0.3 is 0 Å². The number of benzene rings is 2. The molecule has 1 aliphatic heterocycles. The van der Waals surface area contributed by atoms with Crippen molar-refractivity contribution < 1.29 is 9.59 Å². The molecule has 3 rings (SSSR count). The van der Waals surface area contributed by atoms with Crippen LogP contribution in [0.5, 0.6) is 0 Å². The van der Waals surface area contributed by atoms with Gasteiger partial charge in [-0.3, -0.25) is 14.5 Å². The first-order chi connectivity index (χ1) is 15.0. The Hall–Kier alpha value is -2.31. The number of likely N-dealkylation sites (tertiary alicyclic amines) is 1. The molecule has 166 valence electrons. The van der Waals surface area contributed by atoms with Crippen LogP contribution >= 0.6 is 11.8 Å². The van der Waals surface area contributed by atoms with E-state index in [-0.39, 0.29) is 17.9 Å². The molecule has 0 aromatic heterocycles. The van der Waals surface area contributed by atoms with Crippen LogP contribution < -0.4 is 10.6 Å². The van der Waals surface area contributed by atoms with Crippen molar-refractivity contribution in [2.45, 2.75) is 56.6 Å². The molecule has 6 heteroatoms. The number of thioether (sulfide) groups is 1. The lowest BCUT2D eigenvalue weighted by molar-refractivity contribution is -0.119. The Kier molecular flexibility index (Phi) is 8.98. The van der Waals surface area contributed by atoms with Crippen molar-refractivity contribution in [3.8, 4) is 0 Å². The highest BCUT2D eigenvalue weighted by atomic mass is 32.2. The van der Waals surface area contributed by atoms with E-state index < -0.39 is 0 Å². The third-order valence-electron chi connectivity index (χ3n) is 5.42. The average molecular weight is 440 g/mol. The standard InChI is InChI=1S/C25H33N3O2S/c1-19(2)27-24(29)18-31-23-14-7-6-13-22(23)25(30)26-16-21-12-8-9-15-28(21)17-20-10-4-3-5-11-20/h3-7,10-11,13-14,19,21H,8-9,12,15-18H2,1-2H3,(H,26,30)(H,27,29). The van der Waals surface area contributed by atoms with E-state index in [1.807, 2.05) is 44.2 Å². The molecule has 1 saturated heterocycles. The summed E-state index contributed by atoms with van der Waals surface area (Å²) in [5, 5.41) is 6.04. The first-order valence-electron chi connectivity index (χ1n) is 11.1. The zero-order valence-corrected chi connectivity index (χ0v) is 19.3. The second kappa shape index (κ2) is 11.9. The van der Waals surface area contributed by atoms with Crippen LogP contribution in [0.1, 0.15) is 49.0 Å². The van der Waals surface area contributed by atoms with Gasteiger partial charge in [0.1, 0.15) is 0 Å². The summed E-state index contributed by atoms with van der Waals surface area (Å²) >= 11 is 1.41. The molecule has 2 amide bonds. The first-order valence-corrected chi connectivity index (χ1v) is 12.1. The van der Waals surface area contributed by atoms with Crippen molar-refractivity contribution >= 4 is 23.6 Å². The summed E-state index contributed by atoms with van der Waals surface area (Å²) in [4.78, 5) is 28.3. The normalized spacial score (nSPS) is 16.8. The molecule has 31 heavy (non-hydrogen) atoms. The fourth-order valence-electron chi connectivity index (χ4n) is 3.91. The fraction of sp³-hybridized carbons (Fsp3) is 0.440. The molecule has 5 nitrogen and oxygen atoms in total. The van der Waals surface area contributed by atoms with Gasteiger partial charge in [0.25, 0.3) is 5.91 Å². The molecule has 2 aromatic rings. The molecule has 2 N–H and O–H groups in total. The number of rotatable bonds is 9. The number of hydrogen-bond acceptors (Lipinski definition) is 4. The van der Waals surface area contributed by atoms with E-state index in [2.05, 4.69) is 39.8 Å². The number of carbonyl (C=O) groups is 2. The SMILES string of the molecule is CC(C)NC(=O)CSc1ccccc1C(=O)NCC1CCCCN1Cc1ccccc1. The average Bonchev–Trinajstić information content (AvgIpc) is 2.77. The van der Waals surface area contributed by atoms with Gasteiger partial charge < -0.3 is 10.6 Å². The van der Waals surface area contributed by atoms with Crippen LogP contribution in [-0.2, 0) is 11.3 Å². The molecular weight excluding hydrogens is 406 g/mol. The smallest absolute Gasteiger partial charge is 0.252 e. The number of amides is 2. The van der Waals surface area contributed by atoms with Crippen molar-refractivity contribution in [2.24, 2.45) is 0 Å². The lowest BCUT2D eigenvalue weighted by Crippen LogP contribution is -2.46. The zero-order chi connectivity index (χ0) is 22.1. The van der Waals surface area contributed by atoms with Gasteiger partial charge in [-0.2, -0.15) is 0 Å². The minimum atomic E-state index is -0.0717. The van der Waals surface area contributed by atoms with E-state index in [4.69, 9.17) is 0 Å². The first kappa shape index (κ1) is 23.4. The molecule has 2 aromatic carbocycles. The molecular formula is C25H33N3O2S. The largest absolute Gasteiger partial charge is 0.353 e. The van der Waals surface area contributed by atoms with Crippen molar-refractivity contribution in [1.29, 1.82) is 0 Å². The number of nitrogens with zero attached hydrogens (tertiary/aromatic N) is 1. The number of piperidine rings is 1. The minimum absolute atomic E-state index is 0.0195. The van der Waals surface area contributed by atoms with Gasteiger partial charge in [-0.15, -0.1) is 11.8 Å².